The number of hydrogen-bond acceptors (Lipinski definition) is 4. The Morgan fingerprint density at radius 3 is 2.41 bits per heavy atom. The van der Waals surface area contributed by atoms with Crippen molar-refractivity contribution in [1.82, 2.24) is 4.83 Å². The van der Waals surface area contributed by atoms with E-state index in [4.69, 9.17) is 0 Å². The van der Waals surface area contributed by atoms with Gasteiger partial charge in [-0.2, -0.15) is 13.5 Å². The fourth-order valence-electron chi connectivity index (χ4n) is 1.91. The SMILES string of the molecule is CSc1ccc(/C=N/NS(=O)(=O)c2cc(C)ccc2C)cc1. The Labute approximate surface area is 135 Å². The fourth-order valence-corrected chi connectivity index (χ4v) is 3.44. The second-order valence-electron chi connectivity index (χ2n) is 4.90. The van der Waals surface area contributed by atoms with Gasteiger partial charge >= 0.3 is 0 Å². The standard InChI is InChI=1S/C16H18N2O2S2/c1-12-4-5-13(2)16(10-12)22(19,20)18-17-11-14-6-8-15(21-3)9-7-14/h4-11,18H,1-3H3/b17-11+. The van der Waals surface area contributed by atoms with Gasteiger partial charge in [0.1, 0.15) is 0 Å². The third-order valence-electron chi connectivity index (χ3n) is 3.14. The van der Waals surface area contributed by atoms with Gasteiger partial charge in [0.15, 0.2) is 0 Å². The lowest BCUT2D eigenvalue weighted by Gasteiger charge is -2.07. The van der Waals surface area contributed by atoms with Crippen molar-refractivity contribution < 1.29 is 8.42 Å². The summed E-state index contributed by atoms with van der Waals surface area (Å²) in [5.41, 5.74) is 2.42. The van der Waals surface area contributed by atoms with E-state index in [0.717, 1.165) is 16.0 Å². The summed E-state index contributed by atoms with van der Waals surface area (Å²) >= 11 is 1.65. The highest BCUT2D eigenvalue weighted by atomic mass is 32.2. The van der Waals surface area contributed by atoms with Crippen LogP contribution in [0.5, 0.6) is 0 Å². The van der Waals surface area contributed by atoms with Gasteiger partial charge in [0.2, 0.25) is 0 Å². The summed E-state index contributed by atoms with van der Waals surface area (Å²) in [7, 11) is -3.65. The number of hydrazone groups is 1. The molecule has 0 bridgehead atoms. The molecule has 0 heterocycles. The molecule has 0 saturated heterocycles. The maximum absolute atomic E-state index is 12.3. The van der Waals surface area contributed by atoms with Crippen molar-refractivity contribution in [2.75, 3.05) is 6.26 Å². The van der Waals surface area contributed by atoms with Gasteiger partial charge in [0.05, 0.1) is 11.1 Å². The molecular weight excluding hydrogens is 316 g/mol. The van der Waals surface area contributed by atoms with Crippen molar-refractivity contribution in [2.24, 2.45) is 5.10 Å². The van der Waals surface area contributed by atoms with Crippen LogP contribution in [-0.2, 0) is 10.0 Å². The normalized spacial score (nSPS) is 11.8. The number of sulfonamides is 1. The summed E-state index contributed by atoms with van der Waals surface area (Å²) in [6.07, 6.45) is 3.49. The van der Waals surface area contributed by atoms with Gasteiger partial charge in [-0.1, -0.05) is 24.3 Å². The first-order chi connectivity index (χ1) is 10.4. The molecule has 0 radical (unpaired) electrons. The fraction of sp³-hybridized carbons (Fsp3) is 0.188. The highest BCUT2D eigenvalue weighted by Crippen LogP contribution is 2.16. The van der Waals surface area contributed by atoms with Gasteiger partial charge in [0.25, 0.3) is 10.0 Å². The van der Waals surface area contributed by atoms with Gasteiger partial charge in [-0.15, -0.1) is 11.8 Å². The lowest BCUT2D eigenvalue weighted by molar-refractivity contribution is 0.584. The zero-order valence-corrected chi connectivity index (χ0v) is 14.3. The Kier molecular flexibility index (Phi) is 5.26. The monoisotopic (exact) mass is 334 g/mol. The predicted molar refractivity (Wildman–Crippen MR) is 92.1 cm³/mol. The zero-order chi connectivity index (χ0) is 16.2. The van der Waals surface area contributed by atoms with E-state index in [2.05, 4.69) is 9.93 Å². The topological polar surface area (TPSA) is 58.5 Å². The number of thioether (sulfide) groups is 1. The van der Waals surface area contributed by atoms with E-state index in [1.165, 1.54) is 6.21 Å². The van der Waals surface area contributed by atoms with Crippen LogP contribution in [0.2, 0.25) is 0 Å². The highest BCUT2D eigenvalue weighted by Gasteiger charge is 2.15. The van der Waals surface area contributed by atoms with Crippen molar-refractivity contribution >= 4 is 28.0 Å². The average molecular weight is 334 g/mol. The van der Waals surface area contributed by atoms with Crippen LogP contribution in [0.3, 0.4) is 0 Å². The van der Waals surface area contributed by atoms with E-state index in [1.807, 2.05) is 43.5 Å². The van der Waals surface area contributed by atoms with Crippen LogP contribution < -0.4 is 4.83 Å². The predicted octanol–water partition coefficient (Wildman–Crippen LogP) is 3.34. The third kappa shape index (κ3) is 4.11. The van der Waals surface area contributed by atoms with E-state index in [0.29, 0.717) is 5.56 Å². The molecule has 0 spiro atoms. The molecular formula is C16H18N2O2S2. The van der Waals surface area contributed by atoms with Crippen LogP contribution in [0.4, 0.5) is 0 Å². The first-order valence-electron chi connectivity index (χ1n) is 6.68. The smallest absolute Gasteiger partial charge is 0.200 e. The molecule has 22 heavy (non-hydrogen) atoms. The van der Waals surface area contributed by atoms with Crippen LogP contribution in [0, 0.1) is 13.8 Å². The number of benzene rings is 2. The lowest BCUT2D eigenvalue weighted by Crippen LogP contribution is -2.19. The molecule has 0 amide bonds. The van der Waals surface area contributed by atoms with E-state index in [-0.39, 0.29) is 4.90 Å². The first-order valence-corrected chi connectivity index (χ1v) is 9.39. The molecule has 2 rings (SSSR count). The van der Waals surface area contributed by atoms with Gasteiger partial charge in [-0.05, 0) is 55.0 Å². The van der Waals surface area contributed by atoms with Gasteiger partial charge in [-0.3, -0.25) is 0 Å². The molecule has 0 aliphatic rings. The molecule has 0 atom stereocenters. The summed E-state index contributed by atoms with van der Waals surface area (Å²) in [4.78, 5) is 3.66. The number of rotatable bonds is 5. The van der Waals surface area contributed by atoms with Gasteiger partial charge in [0, 0.05) is 4.90 Å². The van der Waals surface area contributed by atoms with Crippen LogP contribution in [0.1, 0.15) is 16.7 Å². The van der Waals surface area contributed by atoms with Crippen LogP contribution in [0.15, 0.2) is 57.4 Å². The molecule has 0 aliphatic carbocycles. The summed E-state index contributed by atoms with van der Waals surface area (Å²) in [6, 6.07) is 13.0. The molecule has 0 saturated carbocycles. The number of nitrogens with zero attached hydrogens (tertiary/aromatic N) is 1. The second kappa shape index (κ2) is 6.98. The molecule has 1 N–H and O–H groups in total. The quantitative estimate of drug-likeness (QED) is 0.518. The number of hydrogen-bond donors (Lipinski definition) is 1. The van der Waals surface area contributed by atoms with E-state index >= 15 is 0 Å². The second-order valence-corrected chi connectivity index (χ2v) is 7.40. The summed E-state index contributed by atoms with van der Waals surface area (Å²) in [6.45, 7) is 3.62. The molecule has 0 fully saturated rings. The van der Waals surface area contributed by atoms with Crippen LogP contribution in [-0.4, -0.2) is 20.9 Å². The molecule has 2 aromatic rings. The minimum absolute atomic E-state index is 0.252. The van der Waals surface area contributed by atoms with Crippen LogP contribution in [0.25, 0.3) is 0 Å². The lowest BCUT2D eigenvalue weighted by atomic mass is 10.2. The summed E-state index contributed by atoms with van der Waals surface area (Å²) in [5, 5.41) is 3.85. The zero-order valence-electron chi connectivity index (χ0n) is 12.7. The van der Waals surface area contributed by atoms with E-state index in [1.54, 1.807) is 30.8 Å². The molecule has 6 heteroatoms. The Bertz CT molecular complexity index is 782. The average Bonchev–Trinajstić information content (AvgIpc) is 2.50. The Morgan fingerprint density at radius 2 is 1.77 bits per heavy atom. The first kappa shape index (κ1) is 16.6. The Balaban J connectivity index is 2.15. The molecule has 0 unspecified atom stereocenters. The van der Waals surface area contributed by atoms with Crippen molar-refractivity contribution in [3.05, 3.63) is 59.2 Å². The molecule has 116 valence electrons. The maximum atomic E-state index is 12.3. The molecule has 0 aliphatic heterocycles. The van der Waals surface area contributed by atoms with Crippen molar-refractivity contribution in [3.63, 3.8) is 0 Å². The van der Waals surface area contributed by atoms with Gasteiger partial charge in [-0.25, -0.2) is 4.83 Å². The van der Waals surface area contributed by atoms with Crippen molar-refractivity contribution in [1.29, 1.82) is 0 Å². The third-order valence-corrected chi connectivity index (χ3v) is 5.24. The molecule has 2 aromatic carbocycles. The van der Waals surface area contributed by atoms with Crippen molar-refractivity contribution in [2.45, 2.75) is 23.6 Å². The Hall–Kier alpha value is -1.79. The minimum Gasteiger partial charge on any atom is -0.200 e. The summed E-state index contributed by atoms with van der Waals surface area (Å²) in [5.74, 6) is 0. The number of aryl methyl sites for hydroxylation is 2. The molecule has 0 aromatic heterocycles. The largest absolute Gasteiger partial charge is 0.276 e. The van der Waals surface area contributed by atoms with E-state index in [9.17, 15) is 8.42 Å². The van der Waals surface area contributed by atoms with Crippen LogP contribution >= 0.6 is 11.8 Å². The summed E-state index contributed by atoms with van der Waals surface area (Å²) < 4.78 is 24.5. The Morgan fingerprint density at radius 1 is 1.09 bits per heavy atom. The highest BCUT2D eigenvalue weighted by molar-refractivity contribution is 7.98. The van der Waals surface area contributed by atoms with Crippen molar-refractivity contribution in [3.8, 4) is 0 Å². The maximum Gasteiger partial charge on any atom is 0.276 e. The minimum atomic E-state index is -3.65. The van der Waals surface area contributed by atoms with Gasteiger partial charge < -0.3 is 0 Å². The number of nitrogens with one attached hydrogen (secondary N) is 1. The molecule has 4 nitrogen and oxygen atoms in total. The van der Waals surface area contributed by atoms with E-state index < -0.39 is 10.0 Å².